The van der Waals surface area contributed by atoms with Crippen molar-refractivity contribution in [3.8, 4) is 11.4 Å². The number of nitrogens with one attached hydrogen (secondary N) is 5. The van der Waals surface area contributed by atoms with E-state index in [1.54, 1.807) is 89.3 Å². The van der Waals surface area contributed by atoms with Gasteiger partial charge in [0.25, 0.3) is 23.6 Å². The van der Waals surface area contributed by atoms with Crippen LogP contribution in [0.4, 0.5) is 50.9 Å². The zero-order chi connectivity index (χ0) is 53.5. The van der Waals surface area contributed by atoms with Crippen LogP contribution in [0.5, 0.6) is 0 Å². The van der Waals surface area contributed by atoms with Crippen LogP contribution < -0.4 is 32.3 Å². The van der Waals surface area contributed by atoms with E-state index in [0.717, 1.165) is 4.68 Å². The first-order valence-corrected chi connectivity index (χ1v) is 21.6. The van der Waals surface area contributed by atoms with Gasteiger partial charge in [-0.15, -0.1) is 0 Å². The minimum absolute atomic E-state index is 0.0375. The molecule has 2 heterocycles. The van der Waals surface area contributed by atoms with Crippen LogP contribution >= 0.6 is 0 Å². The molecule has 72 heavy (non-hydrogen) atoms. The molecule has 0 unspecified atom stereocenters. The number of rotatable bonds is 13. The lowest BCUT2D eigenvalue weighted by atomic mass is 10.1. The van der Waals surface area contributed by atoms with Gasteiger partial charge in [-0.25, -0.2) is 9.36 Å². The lowest BCUT2D eigenvalue weighted by molar-refractivity contribution is -0.173. The minimum atomic E-state index is -5.18. The van der Waals surface area contributed by atoms with Crippen molar-refractivity contribution in [1.29, 1.82) is 0 Å². The molecule has 0 fully saturated rings. The van der Waals surface area contributed by atoms with Gasteiger partial charge in [0.1, 0.15) is 11.4 Å². The van der Waals surface area contributed by atoms with Gasteiger partial charge in [-0.2, -0.15) is 49.7 Å². The first-order chi connectivity index (χ1) is 33.6. The van der Waals surface area contributed by atoms with Crippen LogP contribution in [0, 0.1) is 13.8 Å². The van der Waals surface area contributed by atoms with E-state index < -0.39 is 71.7 Å². The predicted octanol–water partition coefficient (Wildman–Crippen LogP) is 8.82. The number of halogens is 9. The Morgan fingerprint density at radius 2 is 0.944 bits per heavy atom. The second-order valence-corrected chi connectivity index (χ2v) is 16.5. The number of hydrogen-bond acceptors (Lipinski definition) is 8. The summed E-state index contributed by atoms with van der Waals surface area (Å²) in [5.74, 6) is -5.11. The number of benzene rings is 4. The summed E-state index contributed by atoms with van der Waals surface area (Å²) in [6, 6.07) is 21.9. The third kappa shape index (κ3) is 13.4. The maximum Gasteiger partial charge on any atom is 0.471 e. The average molecular weight is 1010 g/mol. The number of nitrogens with two attached hydrogens (primary N) is 1. The van der Waals surface area contributed by atoms with Gasteiger partial charge >= 0.3 is 24.4 Å². The molecule has 0 bridgehead atoms. The van der Waals surface area contributed by atoms with Crippen molar-refractivity contribution in [3.63, 3.8) is 0 Å². The Hall–Kier alpha value is -8.02. The van der Waals surface area contributed by atoms with Gasteiger partial charge in [-0.1, -0.05) is 60.7 Å². The quantitative estimate of drug-likeness (QED) is 0.0615. The number of aryl methyl sites for hydroxylation is 2. The average Bonchev–Trinajstić information content (AvgIpc) is 3.96. The molecule has 0 saturated carbocycles. The molecule has 2 aromatic heterocycles. The number of amides is 5. The van der Waals surface area contributed by atoms with E-state index in [-0.39, 0.29) is 63.8 Å². The van der Waals surface area contributed by atoms with Gasteiger partial charge in [0.05, 0.1) is 33.9 Å². The molecule has 0 aliphatic carbocycles. The fraction of sp³-hybridized carbons (Fsp3) is 0.271. The Bertz CT molecular complexity index is 2980. The topological polar surface area (TPSA) is 207 Å². The molecule has 0 aliphatic heterocycles. The third-order valence-corrected chi connectivity index (χ3v) is 10.2. The molecule has 24 heteroatoms. The fourth-order valence-electron chi connectivity index (χ4n) is 6.84. The minimum Gasteiger partial charge on any atom is -0.350 e. The predicted molar refractivity (Wildman–Crippen MR) is 246 cm³/mol. The molecular weight excluding hydrogens is 968 g/mol. The molecule has 7 N–H and O–H groups in total. The summed E-state index contributed by atoms with van der Waals surface area (Å²) < 4.78 is 121. The molecule has 0 spiro atoms. The Balaban J connectivity index is 0.000000271. The largest absolute Gasteiger partial charge is 0.471 e. The highest BCUT2D eigenvalue weighted by Gasteiger charge is 2.40. The Morgan fingerprint density at radius 1 is 0.556 bits per heavy atom. The Kier molecular flexibility index (Phi) is 17.1. The summed E-state index contributed by atoms with van der Waals surface area (Å²) in [7, 11) is 0. The number of carbonyl (C=O) groups is 5. The number of anilines is 2. The van der Waals surface area contributed by atoms with E-state index in [2.05, 4.69) is 31.5 Å². The molecule has 4 aromatic carbocycles. The van der Waals surface area contributed by atoms with Crippen molar-refractivity contribution >= 4 is 40.9 Å². The normalized spacial score (nSPS) is 11.7. The second-order valence-electron chi connectivity index (χ2n) is 16.5. The van der Waals surface area contributed by atoms with Crippen LogP contribution in [0.1, 0.15) is 103 Å². The van der Waals surface area contributed by atoms with Crippen LogP contribution in [0.15, 0.2) is 97.1 Å². The molecule has 382 valence electrons. The van der Waals surface area contributed by atoms with E-state index >= 15 is 0 Å². The van der Waals surface area contributed by atoms with Gasteiger partial charge in [-0.05, 0) is 88.1 Å². The molecular formula is C48H47F9N10O5. The van der Waals surface area contributed by atoms with Crippen LogP contribution in [0.3, 0.4) is 0 Å². The van der Waals surface area contributed by atoms with Crippen molar-refractivity contribution in [1.82, 2.24) is 35.5 Å². The van der Waals surface area contributed by atoms with Crippen molar-refractivity contribution in [2.75, 3.05) is 10.6 Å². The number of hydrogen-bond donors (Lipinski definition) is 6. The monoisotopic (exact) mass is 1010 g/mol. The standard InChI is InChI=1S/C25H23F6N5O3.C23H24F3N5O2/c1-13(2)33-21(37)16-9-6-7-14(3)20(16)34-22(38)18-11-19(24(26,27)28)35-36(18)17-10-5-4-8-15(17)12-32-23(39)25(29,30)31;1-13(2)28-21(32)16-9-6-7-14(3)20(16)29-22(33)18-11-19(23(24,25)26)30-31(18)17-10-5-4-8-15(17)12-27/h4-11,13H,12H2,1-3H3,(H,32,39)(H,33,37)(H,34,38);4-11,13H,12,27H2,1-3H3,(H,28,32)(H,29,33). The van der Waals surface area contributed by atoms with E-state index in [1.807, 2.05) is 0 Å². The highest BCUT2D eigenvalue weighted by molar-refractivity contribution is 6.10. The number of alkyl halides is 9. The Labute approximate surface area is 405 Å². The van der Waals surface area contributed by atoms with Crippen molar-refractivity contribution in [3.05, 3.63) is 153 Å². The highest BCUT2D eigenvalue weighted by atomic mass is 19.4. The molecule has 5 amide bonds. The van der Waals surface area contributed by atoms with Crippen molar-refractivity contribution in [2.24, 2.45) is 5.73 Å². The molecule has 6 aromatic rings. The first-order valence-electron chi connectivity index (χ1n) is 21.6. The second kappa shape index (κ2) is 22.4. The number of para-hydroxylation sites is 4. The molecule has 15 nitrogen and oxygen atoms in total. The first kappa shape index (κ1) is 54.9. The summed E-state index contributed by atoms with van der Waals surface area (Å²) in [4.78, 5) is 63.1. The van der Waals surface area contributed by atoms with Gasteiger partial charge < -0.3 is 32.3 Å². The number of carbonyl (C=O) groups excluding carboxylic acids is 5. The smallest absolute Gasteiger partial charge is 0.350 e. The van der Waals surface area contributed by atoms with E-state index in [4.69, 9.17) is 5.73 Å². The van der Waals surface area contributed by atoms with E-state index in [0.29, 0.717) is 33.5 Å². The SMILES string of the molecule is Cc1cccc(C(=O)NC(C)C)c1NC(=O)c1cc(C(F)(F)F)nn1-c1ccccc1CN.Cc1cccc(C(=O)NC(C)C)c1NC(=O)c1cc(C(F)(F)F)nn1-c1ccccc1CNC(=O)C(F)(F)F. The van der Waals surface area contributed by atoms with Crippen LogP contribution in [-0.4, -0.2) is 67.4 Å². The van der Waals surface area contributed by atoms with Crippen molar-refractivity contribution in [2.45, 2.75) is 85.2 Å². The van der Waals surface area contributed by atoms with Crippen LogP contribution in [-0.2, 0) is 30.2 Å². The summed E-state index contributed by atoms with van der Waals surface area (Å²) in [6.07, 6.45) is -14.9. The van der Waals surface area contributed by atoms with E-state index in [9.17, 15) is 63.5 Å². The zero-order valence-electron chi connectivity index (χ0n) is 39.1. The molecule has 0 aliphatic rings. The summed E-state index contributed by atoms with van der Waals surface area (Å²) in [5.41, 5.74) is 4.18. The van der Waals surface area contributed by atoms with Gasteiger partial charge in [0, 0.05) is 37.3 Å². The molecule has 0 saturated heterocycles. The number of nitrogens with zero attached hydrogens (tertiary/aromatic N) is 4. The molecule has 0 atom stereocenters. The Morgan fingerprint density at radius 3 is 1.32 bits per heavy atom. The summed E-state index contributed by atoms with van der Waals surface area (Å²) in [5, 5.41) is 19.3. The lowest BCUT2D eigenvalue weighted by Gasteiger charge is -2.17. The third-order valence-electron chi connectivity index (χ3n) is 10.2. The van der Waals surface area contributed by atoms with Gasteiger partial charge in [0.15, 0.2) is 11.4 Å². The summed E-state index contributed by atoms with van der Waals surface area (Å²) in [6.45, 7) is 9.61. The number of aromatic nitrogens is 4. The van der Waals surface area contributed by atoms with Crippen molar-refractivity contribution < 1.29 is 63.5 Å². The van der Waals surface area contributed by atoms with Crippen LogP contribution in [0.2, 0.25) is 0 Å². The summed E-state index contributed by atoms with van der Waals surface area (Å²) >= 11 is 0. The zero-order valence-corrected chi connectivity index (χ0v) is 39.1. The van der Waals surface area contributed by atoms with Crippen LogP contribution in [0.25, 0.3) is 11.4 Å². The molecule has 6 rings (SSSR count). The highest BCUT2D eigenvalue weighted by Crippen LogP contribution is 2.33. The lowest BCUT2D eigenvalue weighted by Crippen LogP contribution is -2.36. The molecule has 0 radical (unpaired) electrons. The fourth-order valence-corrected chi connectivity index (χ4v) is 6.84. The van der Waals surface area contributed by atoms with Gasteiger partial charge in [-0.3, -0.25) is 24.0 Å². The van der Waals surface area contributed by atoms with E-state index in [1.165, 1.54) is 42.5 Å². The maximum absolute atomic E-state index is 13.6. The van der Waals surface area contributed by atoms with Gasteiger partial charge in [0.2, 0.25) is 0 Å². The maximum atomic E-state index is 13.6.